The molecule has 8 heteroatoms. The standard InChI is InChI=1S/C19H19ClN2O4S/c20-19-10-9-18(14-21-19)27(23,24)22(15-17-8-4-12-26-17)11-5-13-25-16-6-2-1-3-7-16/h1-4,6-10,12,14H,5,11,13,15H2. The Morgan fingerprint density at radius 3 is 2.56 bits per heavy atom. The quantitative estimate of drug-likeness (QED) is 0.397. The Morgan fingerprint density at radius 2 is 1.89 bits per heavy atom. The number of para-hydroxylation sites is 1. The highest BCUT2D eigenvalue weighted by Gasteiger charge is 2.25. The number of ether oxygens (including phenoxy) is 1. The van der Waals surface area contributed by atoms with E-state index < -0.39 is 10.0 Å². The third kappa shape index (κ3) is 5.32. The predicted molar refractivity (Wildman–Crippen MR) is 102 cm³/mol. The molecule has 0 saturated heterocycles. The summed E-state index contributed by atoms with van der Waals surface area (Å²) >= 11 is 5.77. The van der Waals surface area contributed by atoms with E-state index in [2.05, 4.69) is 4.98 Å². The normalized spacial score (nSPS) is 11.6. The van der Waals surface area contributed by atoms with Gasteiger partial charge in [-0.3, -0.25) is 0 Å². The number of sulfonamides is 1. The van der Waals surface area contributed by atoms with Gasteiger partial charge >= 0.3 is 0 Å². The van der Waals surface area contributed by atoms with Crippen LogP contribution in [0.2, 0.25) is 5.15 Å². The van der Waals surface area contributed by atoms with E-state index in [1.807, 2.05) is 30.3 Å². The van der Waals surface area contributed by atoms with Crippen molar-refractivity contribution >= 4 is 21.6 Å². The Kier molecular flexibility index (Phi) is 6.49. The number of aromatic nitrogens is 1. The first-order valence-electron chi connectivity index (χ1n) is 8.37. The molecule has 0 amide bonds. The Balaban J connectivity index is 1.69. The number of hydrogen-bond acceptors (Lipinski definition) is 5. The van der Waals surface area contributed by atoms with Gasteiger partial charge in [0.25, 0.3) is 0 Å². The zero-order valence-electron chi connectivity index (χ0n) is 14.5. The number of furan rings is 1. The second kappa shape index (κ2) is 9.03. The van der Waals surface area contributed by atoms with Crippen LogP contribution in [-0.2, 0) is 16.6 Å². The van der Waals surface area contributed by atoms with Crippen LogP contribution in [-0.4, -0.2) is 30.9 Å². The van der Waals surface area contributed by atoms with E-state index in [4.69, 9.17) is 20.8 Å². The minimum Gasteiger partial charge on any atom is -0.494 e. The molecule has 0 fully saturated rings. The molecular weight excluding hydrogens is 388 g/mol. The fraction of sp³-hybridized carbons (Fsp3) is 0.211. The summed E-state index contributed by atoms with van der Waals surface area (Å²) in [5.74, 6) is 1.31. The van der Waals surface area contributed by atoms with Gasteiger partial charge in [0.15, 0.2) is 0 Å². The van der Waals surface area contributed by atoms with Crippen LogP contribution >= 0.6 is 11.6 Å². The number of rotatable bonds is 9. The van der Waals surface area contributed by atoms with Crippen molar-refractivity contribution in [1.82, 2.24) is 9.29 Å². The average molecular weight is 407 g/mol. The number of nitrogens with zero attached hydrogens (tertiary/aromatic N) is 2. The van der Waals surface area contributed by atoms with E-state index in [1.165, 1.54) is 28.9 Å². The number of pyridine rings is 1. The molecule has 1 aromatic carbocycles. The Labute approximate surface area is 163 Å². The summed E-state index contributed by atoms with van der Waals surface area (Å²) < 4.78 is 38.3. The second-order valence-corrected chi connectivity index (χ2v) is 8.07. The molecule has 0 saturated carbocycles. The number of halogens is 1. The first kappa shape index (κ1) is 19.4. The molecule has 0 aliphatic heterocycles. The first-order chi connectivity index (χ1) is 13.1. The highest BCUT2D eigenvalue weighted by atomic mass is 35.5. The lowest BCUT2D eigenvalue weighted by Gasteiger charge is -2.21. The fourth-order valence-corrected chi connectivity index (χ4v) is 3.97. The van der Waals surface area contributed by atoms with Crippen molar-refractivity contribution in [3.63, 3.8) is 0 Å². The largest absolute Gasteiger partial charge is 0.494 e. The van der Waals surface area contributed by atoms with Gasteiger partial charge in [0.05, 0.1) is 19.4 Å². The maximum Gasteiger partial charge on any atom is 0.245 e. The summed E-state index contributed by atoms with van der Waals surface area (Å²) in [6.07, 6.45) is 3.30. The SMILES string of the molecule is O=S(=O)(c1ccc(Cl)nc1)N(CCCOc1ccccc1)Cc1ccco1. The molecule has 2 aromatic heterocycles. The van der Waals surface area contributed by atoms with E-state index in [0.717, 1.165) is 5.75 Å². The Bertz CT molecular complexity index is 930. The molecule has 27 heavy (non-hydrogen) atoms. The Hall–Kier alpha value is -2.35. The van der Waals surface area contributed by atoms with Crippen molar-refractivity contribution in [2.75, 3.05) is 13.2 Å². The first-order valence-corrected chi connectivity index (χ1v) is 10.2. The minimum absolute atomic E-state index is 0.0856. The van der Waals surface area contributed by atoms with Crippen LogP contribution in [0.4, 0.5) is 0 Å². The maximum absolute atomic E-state index is 13.0. The van der Waals surface area contributed by atoms with Gasteiger partial charge in [-0.2, -0.15) is 4.31 Å². The summed E-state index contributed by atoms with van der Waals surface area (Å²) in [7, 11) is -3.74. The molecule has 0 bridgehead atoms. The van der Waals surface area contributed by atoms with Gasteiger partial charge in [-0.25, -0.2) is 13.4 Å². The molecule has 2 heterocycles. The predicted octanol–water partition coefficient (Wildman–Crippen LogP) is 3.99. The molecule has 142 valence electrons. The lowest BCUT2D eigenvalue weighted by Crippen LogP contribution is -2.32. The molecule has 0 aliphatic rings. The van der Waals surface area contributed by atoms with Crippen LogP contribution in [0, 0.1) is 0 Å². The molecule has 0 spiro atoms. The van der Waals surface area contributed by atoms with Gasteiger partial charge in [0.1, 0.15) is 21.6 Å². The number of benzene rings is 1. The van der Waals surface area contributed by atoms with Crippen LogP contribution in [0.5, 0.6) is 5.75 Å². The zero-order valence-corrected chi connectivity index (χ0v) is 16.1. The van der Waals surface area contributed by atoms with Gasteiger partial charge < -0.3 is 9.15 Å². The third-order valence-corrected chi connectivity index (χ3v) is 5.87. The highest BCUT2D eigenvalue weighted by molar-refractivity contribution is 7.89. The van der Waals surface area contributed by atoms with E-state index in [1.54, 1.807) is 12.1 Å². The van der Waals surface area contributed by atoms with Crippen molar-refractivity contribution in [2.45, 2.75) is 17.9 Å². The van der Waals surface area contributed by atoms with Crippen molar-refractivity contribution in [3.8, 4) is 5.75 Å². The summed E-state index contributed by atoms with van der Waals surface area (Å²) in [6.45, 7) is 0.800. The van der Waals surface area contributed by atoms with Crippen LogP contribution in [0.15, 0.2) is 76.4 Å². The zero-order chi connectivity index (χ0) is 19.1. The molecule has 6 nitrogen and oxygen atoms in total. The minimum atomic E-state index is -3.74. The molecule has 0 atom stereocenters. The summed E-state index contributed by atoms with van der Waals surface area (Å²) in [5.41, 5.74) is 0. The second-order valence-electron chi connectivity index (χ2n) is 5.75. The van der Waals surface area contributed by atoms with Crippen molar-refractivity contribution in [1.29, 1.82) is 0 Å². The molecular formula is C19H19ClN2O4S. The summed E-state index contributed by atoms with van der Waals surface area (Å²) in [6, 6.07) is 15.8. The summed E-state index contributed by atoms with van der Waals surface area (Å²) in [5, 5.41) is 0.239. The van der Waals surface area contributed by atoms with Crippen molar-refractivity contribution < 1.29 is 17.6 Å². The maximum atomic E-state index is 13.0. The lowest BCUT2D eigenvalue weighted by molar-refractivity contribution is 0.280. The van der Waals surface area contributed by atoms with Gasteiger partial charge in [-0.15, -0.1) is 0 Å². The Morgan fingerprint density at radius 1 is 1.07 bits per heavy atom. The fourth-order valence-electron chi connectivity index (χ4n) is 2.47. The molecule has 0 radical (unpaired) electrons. The van der Waals surface area contributed by atoms with E-state index in [9.17, 15) is 8.42 Å². The molecule has 0 aliphatic carbocycles. The monoisotopic (exact) mass is 406 g/mol. The lowest BCUT2D eigenvalue weighted by atomic mass is 10.3. The van der Waals surface area contributed by atoms with Crippen LogP contribution in [0.1, 0.15) is 12.2 Å². The number of hydrogen-bond donors (Lipinski definition) is 0. The van der Waals surface area contributed by atoms with Gasteiger partial charge in [0, 0.05) is 12.7 Å². The van der Waals surface area contributed by atoms with Crippen LogP contribution in [0.25, 0.3) is 0 Å². The highest BCUT2D eigenvalue weighted by Crippen LogP contribution is 2.20. The summed E-state index contributed by atoms with van der Waals surface area (Å²) in [4.78, 5) is 3.96. The average Bonchev–Trinajstić information content (AvgIpc) is 3.18. The van der Waals surface area contributed by atoms with E-state index >= 15 is 0 Å². The topological polar surface area (TPSA) is 72.6 Å². The van der Waals surface area contributed by atoms with Crippen LogP contribution < -0.4 is 4.74 Å². The molecule has 3 aromatic rings. The van der Waals surface area contributed by atoms with Gasteiger partial charge in [-0.1, -0.05) is 29.8 Å². The van der Waals surface area contributed by atoms with E-state index in [-0.39, 0.29) is 23.1 Å². The van der Waals surface area contributed by atoms with Gasteiger partial charge in [-0.05, 0) is 42.8 Å². The smallest absolute Gasteiger partial charge is 0.245 e. The molecule has 0 unspecified atom stereocenters. The molecule has 0 N–H and O–H groups in total. The van der Waals surface area contributed by atoms with E-state index in [0.29, 0.717) is 18.8 Å². The molecule has 3 rings (SSSR count). The third-order valence-electron chi connectivity index (χ3n) is 3.81. The van der Waals surface area contributed by atoms with Crippen molar-refractivity contribution in [3.05, 3.63) is 78.0 Å². The van der Waals surface area contributed by atoms with Gasteiger partial charge in [0.2, 0.25) is 10.0 Å². The van der Waals surface area contributed by atoms with Crippen LogP contribution in [0.3, 0.4) is 0 Å². The van der Waals surface area contributed by atoms with Crippen molar-refractivity contribution in [2.24, 2.45) is 0 Å².